The Balaban J connectivity index is 1.14. The van der Waals surface area contributed by atoms with E-state index >= 15 is 0 Å². The molecular weight excluding hydrogens is 674 g/mol. The van der Waals surface area contributed by atoms with Crippen LogP contribution in [0.3, 0.4) is 0 Å². The number of nitrogens with zero attached hydrogens (tertiary/aromatic N) is 3. The van der Waals surface area contributed by atoms with Crippen molar-refractivity contribution in [2.75, 3.05) is 63.9 Å². The number of fused-ring (bicyclic) bond motifs is 1. The maximum Gasteiger partial charge on any atom is 0.471 e. The van der Waals surface area contributed by atoms with Crippen molar-refractivity contribution in [3.8, 4) is 5.75 Å². The van der Waals surface area contributed by atoms with Crippen LogP contribution in [0, 0.1) is 0 Å². The molecule has 0 aliphatic carbocycles. The SMILES string of the molecule is CC(C)(C)OC(=O)N(CCSCCCCCCN1CCC2(CC1)CN(C(=O)C(F)(F)F)CCO2)CC(O)c1ccc(O)c2[nH]c(=O)sc12. The molecule has 3 heterocycles. The van der Waals surface area contributed by atoms with Crippen molar-refractivity contribution in [1.82, 2.24) is 19.7 Å². The van der Waals surface area contributed by atoms with Gasteiger partial charge in [-0.2, -0.15) is 24.9 Å². The summed E-state index contributed by atoms with van der Waals surface area (Å²) < 4.78 is 50.7. The lowest BCUT2D eigenvalue weighted by Crippen LogP contribution is -2.59. The molecule has 16 heteroatoms. The average Bonchev–Trinajstić information content (AvgIpc) is 3.41. The van der Waals surface area contributed by atoms with Crippen molar-refractivity contribution in [1.29, 1.82) is 0 Å². The highest BCUT2D eigenvalue weighted by molar-refractivity contribution is 7.99. The standard InChI is InChI=1S/C32H47F3N4O7S2/c1-30(2,3)46-29(44)38(20-24(41)22-8-9-23(40)25-26(22)48-28(43)36-25)16-19-47-18-7-5-4-6-12-37-13-10-31(11-14-37)21-39(15-17-45-31)27(42)32(33,34)35/h8-9,24,40-41H,4-7,10-21H2,1-3H3,(H,36,43). The van der Waals surface area contributed by atoms with Gasteiger partial charge in [-0.3, -0.25) is 9.59 Å². The third-order valence-electron chi connectivity index (χ3n) is 8.56. The number of alkyl halides is 3. The van der Waals surface area contributed by atoms with Gasteiger partial charge in [-0.1, -0.05) is 30.2 Å². The monoisotopic (exact) mass is 720 g/mol. The number of aromatic nitrogens is 1. The normalized spacial score (nSPS) is 17.9. The summed E-state index contributed by atoms with van der Waals surface area (Å²) in [7, 11) is 0. The van der Waals surface area contributed by atoms with Gasteiger partial charge in [-0.15, -0.1) is 0 Å². The number of thioether (sulfide) groups is 1. The van der Waals surface area contributed by atoms with Gasteiger partial charge in [0.1, 0.15) is 16.9 Å². The Kier molecular flexibility index (Phi) is 13.1. The largest absolute Gasteiger partial charge is 0.506 e. The Morgan fingerprint density at radius 2 is 1.83 bits per heavy atom. The number of likely N-dealkylation sites (tertiary alicyclic amines) is 1. The second-order valence-electron chi connectivity index (χ2n) is 13.5. The van der Waals surface area contributed by atoms with Gasteiger partial charge < -0.3 is 39.4 Å². The molecule has 270 valence electrons. The Bertz CT molecular complexity index is 1440. The third-order valence-corrected chi connectivity index (χ3v) is 10.5. The summed E-state index contributed by atoms with van der Waals surface area (Å²) >= 11 is 2.61. The predicted octanol–water partition coefficient (Wildman–Crippen LogP) is 5.12. The predicted molar refractivity (Wildman–Crippen MR) is 180 cm³/mol. The number of aliphatic hydroxyl groups excluding tert-OH is 1. The zero-order valence-electron chi connectivity index (χ0n) is 27.8. The highest BCUT2D eigenvalue weighted by Gasteiger charge is 2.48. The number of unbranched alkanes of at least 4 members (excludes halogenated alkanes) is 3. The second-order valence-corrected chi connectivity index (χ2v) is 15.7. The fourth-order valence-corrected chi connectivity index (χ4v) is 7.93. The van der Waals surface area contributed by atoms with Gasteiger partial charge in [-0.05, 0) is 64.8 Å². The van der Waals surface area contributed by atoms with E-state index in [1.54, 1.807) is 38.6 Å². The van der Waals surface area contributed by atoms with Gasteiger partial charge in [0.15, 0.2) is 0 Å². The summed E-state index contributed by atoms with van der Waals surface area (Å²) in [4.78, 5) is 43.5. The molecule has 2 fully saturated rings. The van der Waals surface area contributed by atoms with Crippen LogP contribution in [0.5, 0.6) is 5.75 Å². The van der Waals surface area contributed by atoms with Crippen LogP contribution in [0.1, 0.15) is 71.0 Å². The van der Waals surface area contributed by atoms with Gasteiger partial charge in [0.25, 0.3) is 0 Å². The van der Waals surface area contributed by atoms with Gasteiger partial charge in [0.2, 0.25) is 0 Å². The molecule has 2 aliphatic rings. The molecule has 11 nitrogen and oxygen atoms in total. The first-order chi connectivity index (χ1) is 22.6. The molecular formula is C32H47F3N4O7S2. The number of H-pyrrole nitrogens is 1. The lowest BCUT2D eigenvalue weighted by molar-refractivity contribution is -0.200. The summed E-state index contributed by atoms with van der Waals surface area (Å²) in [5.41, 5.74) is -0.691. The third kappa shape index (κ3) is 10.7. The maximum absolute atomic E-state index is 13.0. The Morgan fingerprint density at radius 1 is 1.12 bits per heavy atom. The Hall–Kier alpha value is -2.53. The van der Waals surface area contributed by atoms with E-state index in [1.165, 1.54) is 11.0 Å². The molecule has 4 rings (SSSR count). The number of rotatable bonds is 13. The number of halogens is 3. The topological polar surface area (TPSA) is 136 Å². The van der Waals surface area contributed by atoms with Crippen molar-refractivity contribution in [3.63, 3.8) is 0 Å². The molecule has 3 N–H and O–H groups in total. The van der Waals surface area contributed by atoms with Crippen LogP contribution in [0.4, 0.5) is 18.0 Å². The molecule has 1 atom stereocenters. The van der Waals surface area contributed by atoms with Crippen molar-refractivity contribution < 1.29 is 42.4 Å². The quantitative estimate of drug-likeness (QED) is 0.241. The lowest BCUT2D eigenvalue weighted by Gasteiger charge is -2.47. The number of phenols is 1. The number of ether oxygens (including phenoxy) is 2. The van der Waals surface area contributed by atoms with Crippen molar-refractivity contribution in [2.24, 2.45) is 0 Å². The van der Waals surface area contributed by atoms with Crippen LogP contribution < -0.4 is 4.87 Å². The van der Waals surface area contributed by atoms with Gasteiger partial charge >= 0.3 is 23.0 Å². The maximum atomic E-state index is 13.0. The van der Waals surface area contributed by atoms with E-state index in [9.17, 15) is 37.8 Å². The number of hydrogen-bond acceptors (Lipinski definition) is 10. The molecule has 0 radical (unpaired) electrons. The number of nitrogens with one attached hydrogen (secondary N) is 1. The highest BCUT2D eigenvalue weighted by atomic mass is 32.2. The number of morpholine rings is 1. The van der Waals surface area contributed by atoms with Crippen LogP contribution in [0.25, 0.3) is 10.2 Å². The van der Waals surface area contributed by atoms with E-state index in [2.05, 4.69) is 9.88 Å². The molecule has 2 aliphatic heterocycles. The molecule has 1 aromatic carbocycles. The number of phenolic OH excluding ortho intramolecular Hbond substituents is 1. The molecule has 1 spiro atoms. The minimum atomic E-state index is -4.86. The zero-order valence-corrected chi connectivity index (χ0v) is 29.4. The molecule has 0 bridgehead atoms. The lowest BCUT2D eigenvalue weighted by atomic mass is 9.89. The number of aromatic amines is 1. The van der Waals surface area contributed by atoms with Crippen LogP contribution in [0.15, 0.2) is 16.9 Å². The number of thiazole rings is 1. The minimum absolute atomic E-state index is 0.00775. The van der Waals surface area contributed by atoms with Gasteiger partial charge in [0.05, 0.1) is 36.1 Å². The van der Waals surface area contributed by atoms with E-state index in [1.807, 2.05) is 0 Å². The highest BCUT2D eigenvalue weighted by Crippen LogP contribution is 2.33. The van der Waals surface area contributed by atoms with Crippen molar-refractivity contribution in [2.45, 2.75) is 82.8 Å². The first-order valence-corrected chi connectivity index (χ1v) is 18.3. The van der Waals surface area contributed by atoms with Crippen LogP contribution in [-0.2, 0) is 14.3 Å². The number of benzene rings is 1. The van der Waals surface area contributed by atoms with Crippen molar-refractivity contribution >= 4 is 45.3 Å². The molecule has 2 aromatic rings. The summed E-state index contributed by atoms with van der Waals surface area (Å²) in [5.74, 6) is -0.305. The number of aliphatic hydroxyl groups is 1. The summed E-state index contributed by atoms with van der Waals surface area (Å²) in [6.45, 7) is 8.13. The van der Waals surface area contributed by atoms with E-state index in [0.29, 0.717) is 35.4 Å². The summed E-state index contributed by atoms with van der Waals surface area (Å²) in [6.07, 6.45) is -1.15. The van der Waals surface area contributed by atoms with E-state index in [0.717, 1.165) is 67.3 Å². The molecule has 1 aromatic heterocycles. The van der Waals surface area contributed by atoms with E-state index in [-0.39, 0.29) is 42.4 Å². The Labute approximate surface area is 286 Å². The zero-order chi connectivity index (χ0) is 35.1. The molecule has 0 saturated carbocycles. The molecule has 48 heavy (non-hydrogen) atoms. The molecule has 2 saturated heterocycles. The van der Waals surface area contributed by atoms with Crippen LogP contribution >= 0.6 is 23.1 Å². The Morgan fingerprint density at radius 3 is 2.52 bits per heavy atom. The number of carbonyl (C=O) groups excluding carboxylic acids is 2. The van der Waals surface area contributed by atoms with E-state index < -0.39 is 35.5 Å². The summed E-state index contributed by atoms with van der Waals surface area (Å²) in [5, 5.41) is 21.2. The number of hydrogen-bond donors (Lipinski definition) is 3. The number of piperidine rings is 1. The molecule has 1 unspecified atom stereocenters. The minimum Gasteiger partial charge on any atom is -0.506 e. The van der Waals surface area contributed by atoms with E-state index in [4.69, 9.17) is 9.47 Å². The van der Waals surface area contributed by atoms with Crippen molar-refractivity contribution in [3.05, 3.63) is 27.4 Å². The van der Waals surface area contributed by atoms with Crippen LogP contribution in [0.2, 0.25) is 0 Å². The first kappa shape index (κ1) is 38.3. The fourth-order valence-electron chi connectivity index (χ4n) is 6.05. The second kappa shape index (κ2) is 16.5. The smallest absolute Gasteiger partial charge is 0.471 e. The van der Waals surface area contributed by atoms with Gasteiger partial charge in [0, 0.05) is 37.5 Å². The number of amides is 2. The summed E-state index contributed by atoms with van der Waals surface area (Å²) in [6, 6.07) is 2.96. The number of aromatic hydroxyl groups is 1. The average molecular weight is 721 g/mol. The molecule has 2 amide bonds. The first-order valence-electron chi connectivity index (χ1n) is 16.4. The van der Waals surface area contributed by atoms with Crippen LogP contribution in [-0.4, -0.2) is 123 Å². The fraction of sp³-hybridized carbons (Fsp3) is 0.719. The van der Waals surface area contributed by atoms with Gasteiger partial charge in [-0.25, -0.2) is 4.79 Å². The number of carbonyl (C=O) groups is 2.